The second-order valence-electron chi connectivity index (χ2n) is 4.96. The molecule has 0 spiro atoms. The Hall–Kier alpha value is -1.31. The molecule has 1 aromatic carbocycles. The largest absolute Gasteiger partial charge is 0.481 e. The Labute approximate surface area is 147 Å². The fourth-order valence-corrected chi connectivity index (χ4v) is 2.80. The van der Waals surface area contributed by atoms with Crippen molar-refractivity contribution in [3.05, 3.63) is 27.7 Å². The first kappa shape index (κ1) is 18.0. The smallest absolute Gasteiger partial charge is 0.344 e. The molecule has 1 atom stereocenters. The second-order valence-corrected chi connectivity index (χ2v) is 6.25. The molecule has 0 aliphatic carbocycles. The highest BCUT2D eigenvalue weighted by Gasteiger charge is 2.16. The summed E-state index contributed by atoms with van der Waals surface area (Å²) >= 11 is 9.09. The van der Waals surface area contributed by atoms with Crippen molar-refractivity contribution in [1.29, 1.82) is 0 Å². The molecule has 2 rings (SSSR count). The molecule has 0 saturated carbocycles. The normalized spacial score (nSPS) is 16.9. The van der Waals surface area contributed by atoms with E-state index in [-0.39, 0.29) is 25.2 Å². The summed E-state index contributed by atoms with van der Waals surface area (Å²) in [4.78, 5) is 23.1. The lowest BCUT2D eigenvalue weighted by molar-refractivity contribution is -0.150. The number of benzene rings is 1. The van der Waals surface area contributed by atoms with E-state index in [1.165, 1.54) is 0 Å². The van der Waals surface area contributed by atoms with E-state index < -0.39 is 5.97 Å². The Bertz CT molecular complexity index is 563. The predicted molar refractivity (Wildman–Crippen MR) is 87.6 cm³/mol. The number of amides is 1. The lowest BCUT2D eigenvalue weighted by Crippen LogP contribution is -2.35. The first-order valence-corrected chi connectivity index (χ1v) is 8.33. The van der Waals surface area contributed by atoms with Crippen LogP contribution in [0.3, 0.4) is 0 Å². The van der Waals surface area contributed by atoms with Gasteiger partial charge in [-0.3, -0.25) is 4.79 Å². The van der Waals surface area contributed by atoms with Crippen LogP contribution in [0.5, 0.6) is 5.75 Å². The van der Waals surface area contributed by atoms with Gasteiger partial charge in [0, 0.05) is 18.2 Å². The summed E-state index contributed by atoms with van der Waals surface area (Å²) in [5, 5.41) is 3.22. The minimum atomic E-state index is -0.626. The molecular weight excluding hydrogens is 390 g/mol. The molecule has 1 saturated heterocycles. The number of ether oxygens (including phenoxy) is 3. The number of halogens is 2. The zero-order chi connectivity index (χ0) is 16.7. The molecule has 8 heteroatoms. The molecule has 0 aromatic heterocycles. The number of carbonyl (C=O) groups is 2. The number of hydrogen-bond acceptors (Lipinski definition) is 5. The summed E-state index contributed by atoms with van der Waals surface area (Å²) in [7, 11) is 0. The van der Waals surface area contributed by atoms with Crippen LogP contribution in [0.15, 0.2) is 22.7 Å². The lowest BCUT2D eigenvalue weighted by Gasteiger charge is -2.11. The van der Waals surface area contributed by atoms with Crippen molar-refractivity contribution >= 4 is 39.4 Å². The highest BCUT2D eigenvalue weighted by atomic mass is 79.9. The molecule has 1 aromatic rings. The molecule has 0 unspecified atom stereocenters. The highest BCUT2D eigenvalue weighted by molar-refractivity contribution is 9.10. The molecule has 6 nitrogen and oxygen atoms in total. The van der Waals surface area contributed by atoms with Crippen molar-refractivity contribution in [3.63, 3.8) is 0 Å². The van der Waals surface area contributed by atoms with Gasteiger partial charge in [-0.25, -0.2) is 4.79 Å². The van der Waals surface area contributed by atoms with Crippen molar-refractivity contribution in [2.45, 2.75) is 18.9 Å². The molecular formula is C15H17BrClNO5. The summed E-state index contributed by atoms with van der Waals surface area (Å²) in [5.41, 5.74) is 0. The van der Waals surface area contributed by atoms with Gasteiger partial charge in [0.25, 0.3) is 5.91 Å². The Morgan fingerprint density at radius 1 is 1.39 bits per heavy atom. The van der Waals surface area contributed by atoms with E-state index >= 15 is 0 Å². The summed E-state index contributed by atoms with van der Waals surface area (Å²) in [6.07, 6.45) is 2.00. The zero-order valence-electron chi connectivity index (χ0n) is 12.3. The van der Waals surface area contributed by atoms with Gasteiger partial charge >= 0.3 is 5.97 Å². The second kappa shape index (κ2) is 9.10. The van der Waals surface area contributed by atoms with Gasteiger partial charge in [-0.1, -0.05) is 11.6 Å². The van der Waals surface area contributed by atoms with Crippen LogP contribution < -0.4 is 10.1 Å². The number of esters is 1. The molecule has 126 valence electrons. The summed E-state index contributed by atoms with van der Waals surface area (Å²) < 4.78 is 16.2. The first-order chi connectivity index (χ1) is 11.0. The van der Waals surface area contributed by atoms with E-state index in [2.05, 4.69) is 21.2 Å². The van der Waals surface area contributed by atoms with Crippen LogP contribution >= 0.6 is 27.5 Å². The van der Waals surface area contributed by atoms with Crippen molar-refractivity contribution in [2.24, 2.45) is 0 Å². The Morgan fingerprint density at radius 2 is 2.22 bits per heavy atom. The molecule has 23 heavy (non-hydrogen) atoms. The van der Waals surface area contributed by atoms with E-state index in [0.717, 1.165) is 19.4 Å². The van der Waals surface area contributed by atoms with Crippen LogP contribution in [0, 0.1) is 0 Å². The van der Waals surface area contributed by atoms with E-state index in [9.17, 15) is 9.59 Å². The minimum absolute atomic E-state index is 0.0558. The average Bonchev–Trinajstić information content (AvgIpc) is 3.03. The fraction of sp³-hybridized carbons (Fsp3) is 0.467. The van der Waals surface area contributed by atoms with Gasteiger partial charge in [-0.05, 0) is 47.0 Å². The van der Waals surface area contributed by atoms with Gasteiger partial charge in [0.1, 0.15) is 5.75 Å². The third-order valence-corrected chi connectivity index (χ3v) is 4.01. The van der Waals surface area contributed by atoms with Gasteiger partial charge in [-0.2, -0.15) is 0 Å². The molecule has 1 amide bonds. The lowest BCUT2D eigenvalue weighted by atomic mass is 10.2. The Kier molecular flexibility index (Phi) is 7.14. The summed E-state index contributed by atoms with van der Waals surface area (Å²) in [5.74, 6) is -0.519. The van der Waals surface area contributed by atoms with E-state index in [1.54, 1.807) is 18.2 Å². The maximum absolute atomic E-state index is 11.6. The van der Waals surface area contributed by atoms with Gasteiger partial charge < -0.3 is 19.5 Å². The molecule has 0 radical (unpaired) electrons. The molecule has 1 aliphatic rings. The van der Waals surface area contributed by atoms with Gasteiger partial charge in [-0.15, -0.1) is 0 Å². The zero-order valence-corrected chi connectivity index (χ0v) is 14.7. The number of hydrogen-bond donors (Lipinski definition) is 1. The van der Waals surface area contributed by atoms with Crippen LogP contribution in [0.2, 0.25) is 5.02 Å². The molecule has 1 fully saturated rings. The predicted octanol–water partition coefficient (Wildman–Crippen LogP) is 2.32. The minimum Gasteiger partial charge on any atom is -0.481 e. The van der Waals surface area contributed by atoms with Crippen LogP contribution in [0.4, 0.5) is 0 Å². The number of rotatable bonds is 7. The van der Waals surface area contributed by atoms with Crippen molar-refractivity contribution < 1.29 is 23.8 Å². The van der Waals surface area contributed by atoms with Crippen molar-refractivity contribution in [3.8, 4) is 5.75 Å². The van der Waals surface area contributed by atoms with Crippen molar-refractivity contribution in [1.82, 2.24) is 5.32 Å². The third-order valence-electron chi connectivity index (χ3n) is 3.15. The average molecular weight is 407 g/mol. The van der Waals surface area contributed by atoms with E-state index in [4.69, 9.17) is 25.8 Å². The fourth-order valence-electron chi connectivity index (χ4n) is 2.00. The van der Waals surface area contributed by atoms with Crippen LogP contribution in [-0.2, 0) is 19.1 Å². The third kappa shape index (κ3) is 6.37. The molecule has 1 aliphatic heterocycles. The monoisotopic (exact) mass is 405 g/mol. The van der Waals surface area contributed by atoms with Crippen LogP contribution in [-0.4, -0.2) is 44.3 Å². The number of carbonyl (C=O) groups excluding carboxylic acids is 2. The topological polar surface area (TPSA) is 73.9 Å². The molecule has 1 heterocycles. The highest BCUT2D eigenvalue weighted by Crippen LogP contribution is 2.27. The quantitative estimate of drug-likeness (QED) is 0.704. The van der Waals surface area contributed by atoms with Crippen LogP contribution in [0.25, 0.3) is 0 Å². The Morgan fingerprint density at radius 3 is 2.91 bits per heavy atom. The van der Waals surface area contributed by atoms with Gasteiger partial charge in [0.05, 0.1) is 10.6 Å². The maximum atomic E-state index is 11.6. The summed E-state index contributed by atoms with van der Waals surface area (Å²) in [6, 6.07) is 4.93. The summed E-state index contributed by atoms with van der Waals surface area (Å²) in [6.45, 7) is 0.535. The maximum Gasteiger partial charge on any atom is 0.344 e. The van der Waals surface area contributed by atoms with Gasteiger partial charge in [0.2, 0.25) is 0 Å². The van der Waals surface area contributed by atoms with E-state index in [0.29, 0.717) is 21.8 Å². The van der Waals surface area contributed by atoms with Gasteiger partial charge in [0.15, 0.2) is 13.2 Å². The Balaban J connectivity index is 1.63. The van der Waals surface area contributed by atoms with Crippen LogP contribution in [0.1, 0.15) is 12.8 Å². The molecule has 0 bridgehead atoms. The van der Waals surface area contributed by atoms with Crippen molar-refractivity contribution in [2.75, 3.05) is 26.4 Å². The van der Waals surface area contributed by atoms with E-state index in [1.807, 2.05) is 0 Å². The number of nitrogens with one attached hydrogen (secondary N) is 1. The SMILES string of the molecule is O=C(COC(=O)COc1ccc(Cl)cc1Br)NC[C@@H]1CCCO1. The standard InChI is InChI=1S/C15H17BrClNO5/c16-12-6-10(17)3-4-13(12)22-9-15(20)23-8-14(19)18-7-11-2-1-5-21-11/h3-4,6,11H,1-2,5,7-9H2,(H,18,19)/t11-/m0/s1. The molecule has 1 N–H and O–H groups in total. The first-order valence-electron chi connectivity index (χ1n) is 7.16.